The van der Waals surface area contributed by atoms with Crippen LogP contribution in [-0.4, -0.2) is 22.6 Å². The minimum absolute atomic E-state index is 0.0274. The van der Waals surface area contributed by atoms with Crippen LogP contribution in [0.4, 0.5) is 0 Å². The minimum Gasteiger partial charge on any atom is -0.497 e. The summed E-state index contributed by atoms with van der Waals surface area (Å²) in [5.41, 5.74) is 5.77. The monoisotopic (exact) mass is 387 g/mol. The lowest BCUT2D eigenvalue weighted by Gasteiger charge is -2.24. The maximum atomic E-state index is 12.9. The summed E-state index contributed by atoms with van der Waals surface area (Å²) >= 11 is 0. The zero-order valence-electron chi connectivity index (χ0n) is 16.8. The van der Waals surface area contributed by atoms with E-state index in [-0.39, 0.29) is 11.9 Å². The number of hydrogen-bond donors (Lipinski definition) is 2. The molecule has 5 rings (SSSR count). The molecule has 1 atom stereocenters. The van der Waals surface area contributed by atoms with Gasteiger partial charge in [-0.3, -0.25) is 4.79 Å². The van der Waals surface area contributed by atoms with Crippen molar-refractivity contribution in [3.63, 3.8) is 0 Å². The van der Waals surface area contributed by atoms with Crippen molar-refractivity contribution in [1.29, 1.82) is 0 Å². The first-order valence-electron chi connectivity index (χ1n) is 10.1. The number of aromatic amines is 1. The van der Waals surface area contributed by atoms with Gasteiger partial charge in [-0.1, -0.05) is 18.2 Å². The standard InChI is InChI=1S/C24H25N3O2/c1-27-14-15(17-6-3-4-9-22(17)27)12-23(28)25-21-8-5-7-18-19-13-16(29-2)10-11-20(19)26-24(18)21/h3-4,6,9-11,13-14,21,26H,5,7-8,12H2,1-2H3,(H,25,28). The van der Waals surface area contributed by atoms with Crippen molar-refractivity contribution in [2.75, 3.05) is 7.11 Å². The third-order valence-corrected chi connectivity index (χ3v) is 6.08. The molecule has 1 aliphatic rings. The Morgan fingerprint density at radius 2 is 2.10 bits per heavy atom. The lowest BCUT2D eigenvalue weighted by atomic mass is 9.91. The number of aromatic nitrogens is 2. The van der Waals surface area contributed by atoms with E-state index in [0.29, 0.717) is 6.42 Å². The number of carbonyl (C=O) groups excluding carboxylic acids is 1. The van der Waals surface area contributed by atoms with E-state index in [1.165, 1.54) is 10.9 Å². The van der Waals surface area contributed by atoms with Crippen LogP contribution >= 0.6 is 0 Å². The topological polar surface area (TPSA) is 59.0 Å². The van der Waals surface area contributed by atoms with Gasteiger partial charge in [0.2, 0.25) is 5.91 Å². The lowest BCUT2D eigenvalue weighted by molar-refractivity contribution is -0.121. The van der Waals surface area contributed by atoms with Gasteiger partial charge in [0, 0.05) is 40.7 Å². The van der Waals surface area contributed by atoms with Crippen LogP contribution in [0.5, 0.6) is 5.75 Å². The van der Waals surface area contributed by atoms with Gasteiger partial charge >= 0.3 is 0 Å². The molecule has 5 nitrogen and oxygen atoms in total. The van der Waals surface area contributed by atoms with Crippen molar-refractivity contribution in [3.05, 3.63) is 65.5 Å². The largest absolute Gasteiger partial charge is 0.497 e. The summed E-state index contributed by atoms with van der Waals surface area (Å²) in [6, 6.07) is 14.4. The molecule has 5 heteroatoms. The first kappa shape index (κ1) is 17.9. The number of H-pyrrole nitrogens is 1. The van der Waals surface area contributed by atoms with Gasteiger partial charge < -0.3 is 19.6 Å². The maximum Gasteiger partial charge on any atom is 0.225 e. The lowest BCUT2D eigenvalue weighted by Crippen LogP contribution is -2.32. The zero-order valence-corrected chi connectivity index (χ0v) is 16.8. The Hall–Kier alpha value is -3.21. The maximum absolute atomic E-state index is 12.9. The van der Waals surface area contributed by atoms with E-state index in [2.05, 4.69) is 45.3 Å². The Bertz CT molecular complexity index is 1220. The summed E-state index contributed by atoms with van der Waals surface area (Å²) in [5.74, 6) is 0.928. The van der Waals surface area contributed by atoms with Gasteiger partial charge in [-0.2, -0.15) is 0 Å². The summed E-state index contributed by atoms with van der Waals surface area (Å²) in [6.07, 6.45) is 5.50. The van der Waals surface area contributed by atoms with Gasteiger partial charge in [-0.15, -0.1) is 0 Å². The van der Waals surface area contributed by atoms with Gasteiger partial charge in [0.05, 0.1) is 19.6 Å². The number of amides is 1. The van der Waals surface area contributed by atoms with Gasteiger partial charge in [-0.05, 0) is 54.7 Å². The Labute approximate surface area is 169 Å². The molecular formula is C24H25N3O2. The van der Waals surface area contributed by atoms with Gasteiger partial charge in [-0.25, -0.2) is 0 Å². The average Bonchev–Trinajstić information content (AvgIpc) is 3.26. The molecule has 0 bridgehead atoms. The highest BCUT2D eigenvalue weighted by atomic mass is 16.5. The highest BCUT2D eigenvalue weighted by Gasteiger charge is 2.26. The van der Waals surface area contributed by atoms with Gasteiger partial charge in [0.25, 0.3) is 0 Å². The Morgan fingerprint density at radius 3 is 2.97 bits per heavy atom. The quantitative estimate of drug-likeness (QED) is 0.545. The number of rotatable bonds is 4. The minimum atomic E-state index is 0.0274. The van der Waals surface area contributed by atoms with Crippen molar-refractivity contribution in [3.8, 4) is 5.75 Å². The molecule has 1 amide bonds. The Balaban J connectivity index is 1.41. The fourth-order valence-electron chi connectivity index (χ4n) is 4.70. The average molecular weight is 387 g/mol. The molecule has 2 N–H and O–H groups in total. The molecule has 2 heterocycles. The van der Waals surface area contributed by atoms with Crippen molar-refractivity contribution >= 4 is 27.7 Å². The van der Waals surface area contributed by atoms with Crippen LogP contribution in [0.25, 0.3) is 21.8 Å². The van der Waals surface area contributed by atoms with Crippen LogP contribution in [0.15, 0.2) is 48.7 Å². The van der Waals surface area contributed by atoms with E-state index >= 15 is 0 Å². The number of fused-ring (bicyclic) bond motifs is 4. The van der Waals surface area contributed by atoms with Crippen LogP contribution in [0.1, 0.15) is 35.7 Å². The fraction of sp³-hybridized carbons (Fsp3) is 0.292. The molecule has 4 aromatic rings. The summed E-state index contributed by atoms with van der Waals surface area (Å²) < 4.78 is 7.48. The molecule has 2 aromatic heterocycles. The van der Waals surface area contributed by atoms with E-state index in [4.69, 9.17) is 4.74 Å². The molecule has 2 aromatic carbocycles. The summed E-state index contributed by atoms with van der Waals surface area (Å²) in [4.78, 5) is 16.5. The number of nitrogens with one attached hydrogen (secondary N) is 2. The number of para-hydroxylation sites is 1. The molecule has 1 unspecified atom stereocenters. The predicted molar refractivity (Wildman–Crippen MR) is 115 cm³/mol. The number of benzene rings is 2. The van der Waals surface area contributed by atoms with E-state index in [1.54, 1.807) is 7.11 Å². The molecule has 29 heavy (non-hydrogen) atoms. The third-order valence-electron chi connectivity index (χ3n) is 6.08. The Kier molecular flexibility index (Phi) is 4.31. The number of methoxy groups -OCH3 is 1. The fourth-order valence-corrected chi connectivity index (χ4v) is 4.70. The first-order valence-corrected chi connectivity index (χ1v) is 10.1. The second-order valence-electron chi connectivity index (χ2n) is 7.90. The van der Waals surface area contributed by atoms with E-state index in [0.717, 1.165) is 52.7 Å². The summed E-state index contributed by atoms with van der Waals surface area (Å²) in [6.45, 7) is 0. The highest BCUT2D eigenvalue weighted by molar-refractivity contribution is 5.90. The molecule has 0 spiro atoms. The predicted octanol–water partition coefficient (Wildman–Crippen LogP) is 4.40. The number of hydrogen-bond acceptors (Lipinski definition) is 2. The first-order chi connectivity index (χ1) is 14.1. The van der Waals surface area contributed by atoms with Crippen molar-refractivity contribution < 1.29 is 9.53 Å². The molecule has 0 saturated heterocycles. The van der Waals surface area contributed by atoms with E-state index < -0.39 is 0 Å². The van der Waals surface area contributed by atoms with Crippen LogP contribution in [0.3, 0.4) is 0 Å². The second kappa shape index (κ2) is 6.99. The van der Waals surface area contributed by atoms with E-state index in [1.807, 2.05) is 25.2 Å². The Morgan fingerprint density at radius 1 is 1.24 bits per heavy atom. The number of nitrogens with zero attached hydrogens (tertiary/aromatic N) is 1. The molecule has 0 aliphatic heterocycles. The number of carbonyl (C=O) groups is 1. The third kappa shape index (κ3) is 3.07. The zero-order chi connectivity index (χ0) is 20.0. The molecule has 1 aliphatic carbocycles. The molecular weight excluding hydrogens is 362 g/mol. The summed E-state index contributed by atoms with van der Waals surface area (Å²) in [5, 5.41) is 5.62. The molecule has 0 radical (unpaired) electrons. The van der Waals surface area contributed by atoms with Crippen LogP contribution in [-0.2, 0) is 24.7 Å². The van der Waals surface area contributed by atoms with Crippen molar-refractivity contribution in [2.24, 2.45) is 7.05 Å². The highest BCUT2D eigenvalue weighted by Crippen LogP contribution is 2.36. The van der Waals surface area contributed by atoms with Crippen LogP contribution in [0, 0.1) is 0 Å². The summed E-state index contributed by atoms with van der Waals surface area (Å²) in [7, 11) is 3.71. The smallest absolute Gasteiger partial charge is 0.225 e. The SMILES string of the molecule is COc1ccc2[nH]c3c(c2c1)CCCC3NC(=O)Cc1cn(C)c2ccccc12. The molecule has 0 saturated carbocycles. The second-order valence-corrected chi connectivity index (χ2v) is 7.90. The van der Waals surface area contributed by atoms with Crippen molar-refractivity contribution in [1.82, 2.24) is 14.9 Å². The molecule has 0 fully saturated rings. The van der Waals surface area contributed by atoms with E-state index in [9.17, 15) is 4.79 Å². The molecule has 148 valence electrons. The van der Waals surface area contributed by atoms with Crippen LogP contribution < -0.4 is 10.1 Å². The van der Waals surface area contributed by atoms with Gasteiger partial charge in [0.1, 0.15) is 5.75 Å². The van der Waals surface area contributed by atoms with Crippen LogP contribution in [0.2, 0.25) is 0 Å². The van der Waals surface area contributed by atoms with Crippen molar-refractivity contribution in [2.45, 2.75) is 31.7 Å². The van der Waals surface area contributed by atoms with Gasteiger partial charge in [0.15, 0.2) is 0 Å². The number of aryl methyl sites for hydroxylation is 2. The normalized spacial score (nSPS) is 16.1. The number of ether oxygens (including phenoxy) is 1.